The fourth-order valence-electron chi connectivity index (χ4n) is 3.23. The second-order valence-corrected chi connectivity index (χ2v) is 6.81. The van der Waals surface area contributed by atoms with Crippen LogP contribution in [0.5, 0.6) is 0 Å². The lowest BCUT2D eigenvalue weighted by atomic mass is 10.00. The lowest BCUT2D eigenvalue weighted by molar-refractivity contribution is -0.428. The molecule has 29 heavy (non-hydrogen) atoms. The number of aromatic amines is 1. The Morgan fingerprint density at radius 3 is 2.66 bits per heavy atom. The Hall–Kier alpha value is -1.93. The molecule has 1 aliphatic rings. The van der Waals surface area contributed by atoms with Crippen molar-refractivity contribution >= 4 is 6.08 Å². The number of nitrogens with zero attached hydrogens (tertiary/aromatic N) is 2. The maximum atomic E-state index is 14.6. The molecule has 0 aliphatic carbocycles. The molecular formula is C17H26FN3O8. The molecule has 2 rings (SSSR count). The molecule has 11 nitrogen and oxygen atoms in total. The smallest absolute Gasteiger partial charge is 0.332 e. The minimum atomic E-state index is -3.31. The van der Waals surface area contributed by atoms with Gasteiger partial charge in [0.1, 0.15) is 12.2 Å². The van der Waals surface area contributed by atoms with Gasteiger partial charge in [0.15, 0.2) is 6.30 Å². The highest BCUT2D eigenvalue weighted by atomic mass is 19.1. The molecule has 1 saturated heterocycles. The van der Waals surface area contributed by atoms with E-state index in [0.717, 1.165) is 18.7 Å². The molecule has 1 aromatic rings. The number of hydroxylamine groups is 2. The lowest BCUT2D eigenvalue weighted by Gasteiger charge is -2.43. The van der Waals surface area contributed by atoms with Crippen LogP contribution in [0.25, 0.3) is 6.08 Å². The number of aliphatic hydroxyl groups excluding tert-OH is 2. The molecule has 1 fully saturated rings. The Balaban J connectivity index is 2.59. The van der Waals surface area contributed by atoms with Gasteiger partial charge in [-0.3, -0.25) is 9.78 Å². The normalized spacial score (nSPS) is 30.6. The maximum Gasteiger partial charge on any atom is 0.332 e. The quantitative estimate of drug-likeness (QED) is 0.124. The minimum Gasteiger partial charge on any atom is -0.394 e. The van der Waals surface area contributed by atoms with Gasteiger partial charge in [0.05, 0.1) is 12.2 Å². The number of aliphatic hydroxyl groups is 4. The van der Waals surface area contributed by atoms with Crippen LogP contribution in [0.4, 0.5) is 4.39 Å². The van der Waals surface area contributed by atoms with Gasteiger partial charge in [-0.2, -0.15) is 0 Å². The number of unbranched alkanes of at least 4 members (excludes halogenated alkanes) is 2. The third-order valence-electron chi connectivity index (χ3n) is 4.92. The highest BCUT2D eigenvalue weighted by molar-refractivity contribution is 5.43. The van der Waals surface area contributed by atoms with Gasteiger partial charge >= 0.3 is 11.6 Å². The fraction of sp³-hybridized carbons (Fsp3) is 0.647. The number of alkyl halides is 1. The topological polar surface area (TPSA) is 168 Å². The summed E-state index contributed by atoms with van der Waals surface area (Å²) >= 11 is 0. The molecule has 0 bridgehead atoms. The Bertz CT molecular complexity index is 845. The summed E-state index contributed by atoms with van der Waals surface area (Å²) in [5.41, 5.74) is -5.70. The Kier molecular flexibility index (Phi) is 7.11. The molecule has 1 aromatic heterocycles. The van der Waals surface area contributed by atoms with Crippen molar-refractivity contribution in [3.8, 4) is 0 Å². The third kappa shape index (κ3) is 3.80. The molecule has 1 unspecified atom stereocenters. The highest BCUT2D eigenvalue weighted by Crippen LogP contribution is 2.44. The molecule has 1 aliphatic heterocycles. The predicted molar refractivity (Wildman–Crippen MR) is 97.2 cm³/mol. The second-order valence-electron chi connectivity index (χ2n) is 6.81. The van der Waals surface area contributed by atoms with Crippen LogP contribution in [0.2, 0.25) is 0 Å². The van der Waals surface area contributed by atoms with E-state index in [1.807, 2.05) is 11.9 Å². The van der Waals surface area contributed by atoms with Gasteiger partial charge in [-0.15, -0.1) is 5.06 Å². The Morgan fingerprint density at radius 2 is 2.10 bits per heavy atom. The summed E-state index contributed by atoms with van der Waals surface area (Å²) in [5, 5.41) is 51.8. The number of aromatic nitrogens is 2. The van der Waals surface area contributed by atoms with Gasteiger partial charge in [-0.05, 0) is 12.8 Å². The van der Waals surface area contributed by atoms with Gasteiger partial charge < -0.3 is 30.4 Å². The molecule has 0 aromatic carbocycles. The lowest BCUT2D eigenvalue weighted by Crippen LogP contribution is -2.69. The average Bonchev–Trinajstić information content (AvgIpc) is 2.89. The van der Waals surface area contributed by atoms with Crippen LogP contribution in [-0.2, 0) is 10.6 Å². The van der Waals surface area contributed by atoms with E-state index in [2.05, 4.69) is 6.58 Å². The predicted octanol–water partition coefficient (Wildman–Crippen LogP) is -1.21. The summed E-state index contributed by atoms with van der Waals surface area (Å²) in [5.74, 6) is -3.28. The average molecular weight is 419 g/mol. The highest BCUT2D eigenvalue weighted by Gasteiger charge is 2.71. The van der Waals surface area contributed by atoms with Crippen molar-refractivity contribution in [2.45, 2.75) is 62.7 Å². The molecule has 0 radical (unpaired) electrons. The molecular weight excluding hydrogens is 393 g/mol. The molecule has 2 heterocycles. The fourth-order valence-corrected chi connectivity index (χ4v) is 3.23. The summed E-state index contributed by atoms with van der Waals surface area (Å²) in [4.78, 5) is 25.9. The Labute approximate surface area is 164 Å². The van der Waals surface area contributed by atoms with Crippen molar-refractivity contribution in [2.75, 3.05) is 6.61 Å². The van der Waals surface area contributed by atoms with Gasteiger partial charge in [-0.1, -0.05) is 32.4 Å². The minimum absolute atomic E-state index is 0.227. The maximum absolute atomic E-state index is 14.6. The summed E-state index contributed by atoms with van der Waals surface area (Å²) in [6, 6.07) is 0. The van der Waals surface area contributed by atoms with Crippen LogP contribution in [0.15, 0.2) is 22.4 Å². The molecule has 6 N–H and O–H groups in total. The number of hydrogen-bond donors (Lipinski definition) is 6. The van der Waals surface area contributed by atoms with Crippen LogP contribution >= 0.6 is 0 Å². The number of H-pyrrole nitrogens is 1. The first-order valence-corrected chi connectivity index (χ1v) is 9.11. The zero-order chi connectivity index (χ0) is 22.0. The van der Waals surface area contributed by atoms with E-state index in [4.69, 9.17) is 4.74 Å². The van der Waals surface area contributed by atoms with Crippen LogP contribution in [0, 0.1) is 0 Å². The van der Waals surface area contributed by atoms with Crippen molar-refractivity contribution in [2.24, 2.45) is 0 Å². The first-order chi connectivity index (χ1) is 13.6. The molecule has 0 amide bonds. The molecule has 5 atom stereocenters. The van der Waals surface area contributed by atoms with Crippen LogP contribution in [0.3, 0.4) is 0 Å². The number of ether oxygens (including phenoxy) is 1. The zero-order valence-electron chi connectivity index (χ0n) is 15.9. The first-order valence-electron chi connectivity index (χ1n) is 9.11. The first kappa shape index (κ1) is 23.3. The van der Waals surface area contributed by atoms with Crippen LogP contribution in [-0.4, -0.2) is 71.1 Å². The monoisotopic (exact) mass is 419 g/mol. The van der Waals surface area contributed by atoms with E-state index in [-0.39, 0.29) is 21.6 Å². The van der Waals surface area contributed by atoms with E-state index >= 15 is 0 Å². The van der Waals surface area contributed by atoms with E-state index < -0.39 is 48.0 Å². The Morgan fingerprint density at radius 1 is 1.45 bits per heavy atom. The van der Waals surface area contributed by atoms with Gasteiger partial charge in [0.2, 0.25) is 5.72 Å². The molecule has 0 spiro atoms. The van der Waals surface area contributed by atoms with E-state index in [1.54, 1.807) is 0 Å². The second kappa shape index (κ2) is 8.83. The SMILES string of the molecule is C=Cc1cn([C@@]2(O)O[C@H](CO)[C@@H](O)[C@]2(O)N(O)C(F)CCCCC)c(=O)[nH]c1=O. The van der Waals surface area contributed by atoms with Crippen molar-refractivity contribution in [1.29, 1.82) is 0 Å². The van der Waals surface area contributed by atoms with E-state index in [1.165, 1.54) is 0 Å². The number of hydrogen-bond acceptors (Lipinski definition) is 9. The van der Waals surface area contributed by atoms with Gasteiger partial charge in [0, 0.05) is 6.20 Å². The molecule has 0 saturated carbocycles. The van der Waals surface area contributed by atoms with E-state index in [9.17, 15) is 39.6 Å². The molecule has 12 heteroatoms. The largest absolute Gasteiger partial charge is 0.394 e. The summed E-state index contributed by atoms with van der Waals surface area (Å²) in [6.45, 7) is 4.30. The van der Waals surface area contributed by atoms with Crippen molar-refractivity contribution in [3.05, 3.63) is 39.2 Å². The van der Waals surface area contributed by atoms with Crippen molar-refractivity contribution in [3.63, 3.8) is 0 Å². The molecule has 164 valence electrons. The third-order valence-corrected chi connectivity index (χ3v) is 4.92. The number of rotatable bonds is 9. The van der Waals surface area contributed by atoms with Gasteiger partial charge in [-0.25, -0.2) is 13.8 Å². The van der Waals surface area contributed by atoms with Crippen LogP contribution in [0.1, 0.15) is 38.2 Å². The van der Waals surface area contributed by atoms with Crippen molar-refractivity contribution < 1.29 is 34.8 Å². The number of halogens is 1. The summed E-state index contributed by atoms with van der Waals surface area (Å²) < 4.78 is 19.9. The summed E-state index contributed by atoms with van der Waals surface area (Å²) in [7, 11) is 0. The van der Waals surface area contributed by atoms with Crippen molar-refractivity contribution in [1.82, 2.24) is 14.6 Å². The van der Waals surface area contributed by atoms with Crippen LogP contribution < -0.4 is 11.2 Å². The summed E-state index contributed by atoms with van der Waals surface area (Å²) in [6.07, 6.45) is -2.98. The zero-order valence-corrected chi connectivity index (χ0v) is 15.9. The number of nitrogens with one attached hydrogen (secondary N) is 1. The van der Waals surface area contributed by atoms with E-state index in [0.29, 0.717) is 12.8 Å². The van der Waals surface area contributed by atoms with Gasteiger partial charge in [0.25, 0.3) is 5.56 Å². The standard InChI is InChI=1S/C17H26FN3O8/c1-3-5-6-7-12(18)21(28)16(26)13(23)11(9-22)29-17(16,27)20-8-10(4-2)14(24)19-15(20)25/h4,8,11-13,22-23,26-28H,2-3,5-7,9H2,1H3,(H,19,24,25)/t11-,12?,13-,16-,17+/m1/s1.